The Morgan fingerprint density at radius 2 is 1.94 bits per heavy atom. The summed E-state index contributed by atoms with van der Waals surface area (Å²) in [5, 5.41) is 1.94. The van der Waals surface area contributed by atoms with Gasteiger partial charge in [-0.1, -0.05) is 0 Å². The van der Waals surface area contributed by atoms with Gasteiger partial charge in [0.15, 0.2) is 0 Å². The normalized spacial score (nSPS) is 15.2. The van der Waals surface area contributed by atoms with Gasteiger partial charge >= 0.3 is 17.8 Å². The molecule has 2 rings (SSSR count). The second kappa shape index (κ2) is 3.89. The topological polar surface area (TPSA) is 75.7 Å². The molecular weight excluding hydrogens is 224 g/mol. The van der Waals surface area contributed by atoms with Crippen LogP contribution in [0.1, 0.15) is 5.56 Å². The van der Waals surface area contributed by atoms with Crippen LogP contribution in [0.4, 0.5) is 10.5 Å². The van der Waals surface area contributed by atoms with Crippen molar-refractivity contribution in [1.82, 2.24) is 5.32 Å². The van der Waals surface area contributed by atoms with Crippen LogP contribution in [0.2, 0.25) is 0 Å². The Kier molecular flexibility index (Phi) is 2.55. The number of carbonyl (C=O) groups excluding carboxylic acids is 3. The van der Waals surface area contributed by atoms with Gasteiger partial charge in [0, 0.05) is 0 Å². The van der Waals surface area contributed by atoms with Crippen molar-refractivity contribution in [3.05, 3.63) is 23.8 Å². The summed E-state index contributed by atoms with van der Waals surface area (Å²) in [6.45, 7) is 1.72. The lowest BCUT2D eigenvalue weighted by molar-refractivity contribution is -0.134. The number of hydrogen-bond donors (Lipinski definition) is 1. The van der Waals surface area contributed by atoms with Crippen molar-refractivity contribution < 1.29 is 19.1 Å². The van der Waals surface area contributed by atoms with Crippen molar-refractivity contribution in [3.63, 3.8) is 0 Å². The van der Waals surface area contributed by atoms with Crippen LogP contribution in [-0.2, 0) is 9.59 Å². The fourth-order valence-electron chi connectivity index (χ4n) is 1.62. The Labute approximate surface area is 97.2 Å². The number of imide groups is 2. The molecule has 4 amide bonds. The van der Waals surface area contributed by atoms with Crippen LogP contribution in [0, 0.1) is 6.92 Å². The second-order valence-electron chi connectivity index (χ2n) is 3.55. The van der Waals surface area contributed by atoms with Crippen molar-refractivity contribution in [1.29, 1.82) is 0 Å². The minimum atomic E-state index is -0.912. The zero-order chi connectivity index (χ0) is 12.6. The number of amides is 4. The van der Waals surface area contributed by atoms with E-state index in [0.29, 0.717) is 17.0 Å². The lowest BCUT2D eigenvalue weighted by atomic mass is 10.1. The first-order chi connectivity index (χ1) is 8.04. The Hall–Kier alpha value is -2.37. The second-order valence-corrected chi connectivity index (χ2v) is 3.55. The molecular formula is C11H10N2O4. The first kappa shape index (κ1) is 11.1. The molecule has 0 radical (unpaired) electrons. The lowest BCUT2D eigenvalue weighted by Gasteiger charge is -2.14. The first-order valence-electron chi connectivity index (χ1n) is 4.88. The monoisotopic (exact) mass is 234 g/mol. The Balaban J connectivity index is 2.44. The van der Waals surface area contributed by atoms with E-state index < -0.39 is 17.8 Å². The molecule has 0 saturated carbocycles. The highest BCUT2D eigenvalue weighted by Gasteiger charge is 2.38. The zero-order valence-corrected chi connectivity index (χ0v) is 9.31. The van der Waals surface area contributed by atoms with Crippen LogP contribution in [0.5, 0.6) is 5.75 Å². The molecule has 1 aliphatic heterocycles. The third-order valence-corrected chi connectivity index (χ3v) is 2.47. The van der Waals surface area contributed by atoms with E-state index >= 15 is 0 Å². The molecule has 1 aromatic carbocycles. The van der Waals surface area contributed by atoms with E-state index in [2.05, 4.69) is 0 Å². The van der Waals surface area contributed by atoms with Crippen LogP contribution >= 0.6 is 0 Å². The number of ether oxygens (including phenoxy) is 1. The summed E-state index contributed by atoms with van der Waals surface area (Å²) in [6.07, 6.45) is 0. The summed E-state index contributed by atoms with van der Waals surface area (Å²) in [7, 11) is 1.52. The standard InChI is InChI=1S/C11H10N2O4/c1-6-5-7(17-2)3-4-8(6)13-10(15)9(14)12-11(13)16/h3-5H,1-2H3,(H,12,14,16). The van der Waals surface area contributed by atoms with Crippen LogP contribution in [-0.4, -0.2) is 25.0 Å². The van der Waals surface area contributed by atoms with Gasteiger partial charge in [-0.2, -0.15) is 0 Å². The number of rotatable bonds is 2. The average Bonchev–Trinajstić information content (AvgIpc) is 2.54. The molecule has 0 aromatic heterocycles. The van der Waals surface area contributed by atoms with Crippen LogP contribution in [0.3, 0.4) is 0 Å². The minimum Gasteiger partial charge on any atom is -0.497 e. The summed E-state index contributed by atoms with van der Waals surface area (Å²) >= 11 is 0. The van der Waals surface area contributed by atoms with Crippen molar-refractivity contribution in [3.8, 4) is 5.75 Å². The third kappa shape index (κ3) is 1.73. The van der Waals surface area contributed by atoms with Gasteiger partial charge in [-0.15, -0.1) is 0 Å². The molecule has 17 heavy (non-hydrogen) atoms. The summed E-state index contributed by atoms with van der Waals surface area (Å²) in [5.41, 5.74) is 1.04. The van der Waals surface area contributed by atoms with Gasteiger partial charge < -0.3 is 4.74 Å². The number of nitrogens with zero attached hydrogens (tertiary/aromatic N) is 1. The Bertz CT molecular complexity index is 524. The molecule has 6 nitrogen and oxygen atoms in total. The number of methoxy groups -OCH3 is 1. The van der Waals surface area contributed by atoms with Gasteiger partial charge in [0.2, 0.25) is 0 Å². The maximum absolute atomic E-state index is 11.5. The number of hydrogen-bond acceptors (Lipinski definition) is 4. The van der Waals surface area contributed by atoms with Crippen molar-refractivity contribution in [2.75, 3.05) is 12.0 Å². The SMILES string of the molecule is COc1ccc(N2C(=O)NC(=O)C2=O)c(C)c1. The highest BCUT2D eigenvalue weighted by atomic mass is 16.5. The van der Waals surface area contributed by atoms with Crippen LogP contribution < -0.4 is 15.0 Å². The number of urea groups is 1. The highest BCUT2D eigenvalue weighted by molar-refractivity contribution is 6.53. The van der Waals surface area contributed by atoms with Gasteiger partial charge in [0.25, 0.3) is 0 Å². The first-order valence-corrected chi connectivity index (χ1v) is 4.88. The minimum absolute atomic E-state index is 0.374. The summed E-state index contributed by atoms with van der Waals surface area (Å²) < 4.78 is 5.02. The molecule has 1 N–H and O–H groups in total. The van der Waals surface area contributed by atoms with E-state index in [-0.39, 0.29) is 0 Å². The van der Waals surface area contributed by atoms with E-state index in [4.69, 9.17) is 4.74 Å². The van der Waals surface area contributed by atoms with E-state index in [9.17, 15) is 14.4 Å². The van der Waals surface area contributed by atoms with Crippen molar-refractivity contribution in [2.45, 2.75) is 6.92 Å². The Morgan fingerprint density at radius 1 is 1.24 bits per heavy atom. The molecule has 0 unspecified atom stereocenters. The predicted octanol–water partition coefficient (Wildman–Crippen LogP) is 0.586. The fraction of sp³-hybridized carbons (Fsp3) is 0.182. The van der Waals surface area contributed by atoms with Crippen molar-refractivity contribution in [2.24, 2.45) is 0 Å². The molecule has 1 aromatic rings. The molecule has 0 bridgehead atoms. The number of benzene rings is 1. The van der Waals surface area contributed by atoms with E-state index in [1.54, 1.807) is 25.1 Å². The molecule has 88 valence electrons. The number of carbonyl (C=O) groups is 3. The maximum Gasteiger partial charge on any atom is 0.336 e. The largest absolute Gasteiger partial charge is 0.497 e. The van der Waals surface area contributed by atoms with Gasteiger partial charge in [0.1, 0.15) is 5.75 Å². The molecule has 1 saturated heterocycles. The zero-order valence-electron chi connectivity index (χ0n) is 9.31. The molecule has 0 atom stereocenters. The highest BCUT2D eigenvalue weighted by Crippen LogP contribution is 2.26. The number of anilines is 1. The molecule has 0 spiro atoms. The predicted molar refractivity (Wildman–Crippen MR) is 58.8 cm³/mol. The smallest absolute Gasteiger partial charge is 0.336 e. The number of aryl methyl sites for hydroxylation is 1. The van der Waals surface area contributed by atoms with Crippen LogP contribution in [0.15, 0.2) is 18.2 Å². The summed E-state index contributed by atoms with van der Waals surface area (Å²) in [6, 6.07) is 4.13. The quantitative estimate of drug-likeness (QED) is 0.600. The van der Waals surface area contributed by atoms with E-state index in [1.165, 1.54) is 7.11 Å². The lowest BCUT2D eigenvalue weighted by Crippen LogP contribution is -2.31. The van der Waals surface area contributed by atoms with Crippen molar-refractivity contribution >= 4 is 23.5 Å². The van der Waals surface area contributed by atoms with Gasteiger partial charge in [-0.05, 0) is 30.7 Å². The van der Waals surface area contributed by atoms with Gasteiger partial charge in [-0.3, -0.25) is 14.9 Å². The molecule has 1 aliphatic rings. The van der Waals surface area contributed by atoms with E-state index in [0.717, 1.165) is 4.90 Å². The molecule has 1 fully saturated rings. The third-order valence-electron chi connectivity index (χ3n) is 2.47. The van der Waals surface area contributed by atoms with Crippen LogP contribution in [0.25, 0.3) is 0 Å². The fourth-order valence-corrected chi connectivity index (χ4v) is 1.62. The molecule has 0 aliphatic carbocycles. The summed E-state index contributed by atoms with van der Waals surface area (Å²) in [5.74, 6) is -1.17. The maximum atomic E-state index is 11.5. The number of nitrogens with one attached hydrogen (secondary N) is 1. The van der Waals surface area contributed by atoms with E-state index in [1.807, 2.05) is 5.32 Å². The Morgan fingerprint density at radius 3 is 2.41 bits per heavy atom. The average molecular weight is 234 g/mol. The molecule has 1 heterocycles. The van der Waals surface area contributed by atoms with Gasteiger partial charge in [0.05, 0.1) is 12.8 Å². The molecule has 6 heteroatoms. The summed E-state index contributed by atoms with van der Waals surface area (Å²) in [4.78, 5) is 34.8. The van der Waals surface area contributed by atoms with Gasteiger partial charge in [-0.25, -0.2) is 9.69 Å².